The molecular formula is C25H25N3O. The number of rotatable bonds is 4. The SMILES string of the molecule is COc1ccccc1CN1CCc2c([nH]c3ccccc23)C1c1cccc(C)n1. The molecule has 1 aliphatic rings. The van der Waals surface area contributed by atoms with E-state index < -0.39 is 0 Å². The van der Waals surface area contributed by atoms with Crippen LogP contribution in [0, 0.1) is 6.92 Å². The molecule has 4 nitrogen and oxygen atoms in total. The molecule has 5 rings (SSSR count). The summed E-state index contributed by atoms with van der Waals surface area (Å²) in [5.41, 5.74) is 7.23. The quantitative estimate of drug-likeness (QED) is 0.537. The number of aromatic nitrogens is 2. The van der Waals surface area contributed by atoms with Crippen LogP contribution >= 0.6 is 0 Å². The van der Waals surface area contributed by atoms with Crippen molar-refractivity contribution in [3.8, 4) is 5.75 Å². The van der Waals surface area contributed by atoms with Gasteiger partial charge in [0.1, 0.15) is 5.75 Å². The Balaban J connectivity index is 1.63. The van der Waals surface area contributed by atoms with Gasteiger partial charge in [0.15, 0.2) is 0 Å². The lowest BCUT2D eigenvalue weighted by atomic mass is 9.94. The third kappa shape index (κ3) is 3.19. The number of aromatic amines is 1. The van der Waals surface area contributed by atoms with Crippen LogP contribution in [0.2, 0.25) is 0 Å². The zero-order valence-electron chi connectivity index (χ0n) is 16.9. The van der Waals surface area contributed by atoms with Crippen LogP contribution in [0.15, 0.2) is 66.7 Å². The number of hydrogen-bond acceptors (Lipinski definition) is 3. The second-order valence-electron chi connectivity index (χ2n) is 7.70. The van der Waals surface area contributed by atoms with Gasteiger partial charge in [-0.05, 0) is 43.2 Å². The van der Waals surface area contributed by atoms with Crippen LogP contribution < -0.4 is 4.74 Å². The average molecular weight is 383 g/mol. The van der Waals surface area contributed by atoms with Crippen molar-refractivity contribution in [1.82, 2.24) is 14.9 Å². The lowest BCUT2D eigenvalue weighted by Gasteiger charge is -2.36. The Kier molecular flexibility index (Phi) is 4.57. The van der Waals surface area contributed by atoms with Gasteiger partial charge in [-0.1, -0.05) is 42.5 Å². The fourth-order valence-corrected chi connectivity index (χ4v) is 4.56. The van der Waals surface area contributed by atoms with Crippen LogP contribution in [0.4, 0.5) is 0 Å². The maximum Gasteiger partial charge on any atom is 0.123 e. The lowest BCUT2D eigenvalue weighted by molar-refractivity contribution is 0.196. The molecule has 4 heteroatoms. The Hall–Kier alpha value is -3.11. The molecule has 0 aliphatic carbocycles. The molecule has 0 saturated heterocycles. The molecule has 146 valence electrons. The monoisotopic (exact) mass is 383 g/mol. The normalized spacial score (nSPS) is 16.7. The van der Waals surface area contributed by atoms with E-state index in [4.69, 9.17) is 9.72 Å². The molecule has 0 amide bonds. The Morgan fingerprint density at radius 3 is 2.72 bits per heavy atom. The van der Waals surface area contributed by atoms with Crippen molar-refractivity contribution in [1.29, 1.82) is 0 Å². The first-order chi connectivity index (χ1) is 14.2. The summed E-state index contributed by atoms with van der Waals surface area (Å²) in [7, 11) is 1.74. The minimum atomic E-state index is 0.0935. The highest BCUT2D eigenvalue weighted by molar-refractivity contribution is 5.85. The third-order valence-electron chi connectivity index (χ3n) is 5.89. The fraction of sp³-hybridized carbons (Fsp3) is 0.240. The van der Waals surface area contributed by atoms with Crippen LogP contribution in [-0.4, -0.2) is 28.5 Å². The van der Waals surface area contributed by atoms with Crippen molar-refractivity contribution in [2.45, 2.75) is 25.9 Å². The number of fused-ring (bicyclic) bond motifs is 3. The van der Waals surface area contributed by atoms with E-state index in [1.54, 1.807) is 7.11 Å². The number of nitrogens with one attached hydrogen (secondary N) is 1. The standard InChI is InChI=1S/C25H25N3O/c1-17-8-7-12-22(26-17)25-24-20(19-10-4-5-11-21(19)27-24)14-15-28(25)16-18-9-3-6-13-23(18)29-2/h3-13,25,27H,14-16H2,1-2H3. The summed E-state index contributed by atoms with van der Waals surface area (Å²) in [5.74, 6) is 0.936. The molecule has 4 aromatic rings. The van der Waals surface area contributed by atoms with Gasteiger partial charge in [0.2, 0.25) is 0 Å². The van der Waals surface area contributed by atoms with Crippen molar-refractivity contribution in [2.24, 2.45) is 0 Å². The molecular weight excluding hydrogens is 358 g/mol. The number of methoxy groups -OCH3 is 1. The Bertz CT molecular complexity index is 1160. The topological polar surface area (TPSA) is 41.1 Å². The summed E-state index contributed by atoms with van der Waals surface area (Å²) in [6.07, 6.45) is 1.02. The van der Waals surface area contributed by atoms with E-state index in [1.165, 1.54) is 27.7 Å². The molecule has 29 heavy (non-hydrogen) atoms. The molecule has 1 atom stereocenters. The summed E-state index contributed by atoms with van der Waals surface area (Å²) in [5, 5.41) is 1.33. The van der Waals surface area contributed by atoms with Crippen molar-refractivity contribution < 1.29 is 4.74 Å². The highest BCUT2D eigenvalue weighted by Gasteiger charge is 2.33. The molecule has 1 N–H and O–H groups in total. The van der Waals surface area contributed by atoms with Gasteiger partial charge >= 0.3 is 0 Å². The van der Waals surface area contributed by atoms with Gasteiger partial charge < -0.3 is 9.72 Å². The number of nitrogens with zero attached hydrogens (tertiary/aromatic N) is 2. The molecule has 0 saturated carbocycles. The van der Waals surface area contributed by atoms with Crippen molar-refractivity contribution in [3.05, 3.63) is 94.9 Å². The van der Waals surface area contributed by atoms with Crippen LogP contribution in [0.25, 0.3) is 10.9 Å². The van der Waals surface area contributed by atoms with Gasteiger partial charge in [-0.15, -0.1) is 0 Å². The number of benzene rings is 2. The van der Waals surface area contributed by atoms with Crippen LogP contribution in [-0.2, 0) is 13.0 Å². The molecule has 2 aromatic carbocycles. The number of pyridine rings is 1. The zero-order chi connectivity index (χ0) is 19.8. The average Bonchev–Trinajstić information content (AvgIpc) is 3.12. The fourth-order valence-electron chi connectivity index (χ4n) is 4.56. The van der Waals surface area contributed by atoms with E-state index in [-0.39, 0.29) is 6.04 Å². The second kappa shape index (κ2) is 7.37. The summed E-state index contributed by atoms with van der Waals surface area (Å²) >= 11 is 0. The van der Waals surface area contributed by atoms with Gasteiger partial charge in [-0.3, -0.25) is 9.88 Å². The molecule has 0 spiro atoms. The van der Waals surface area contributed by atoms with E-state index in [1.807, 2.05) is 12.1 Å². The summed E-state index contributed by atoms with van der Waals surface area (Å²) < 4.78 is 5.61. The van der Waals surface area contributed by atoms with E-state index in [2.05, 4.69) is 71.4 Å². The maximum absolute atomic E-state index is 5.61. The van der Waals surface area contributed by atoms with Crippen molar-refractivity contribution in [3.63, 3.8) is 0 Å². The summed E-state index contributed by atoms with van der Waals surface area (Å²) in [6.45, 7) is 3.86. The number of ether oxygens (including phenoxy) is 1. The lowest BCUT2D eigenvalue weighted by Crippen LogP contribution is -2.36. The zero-order valence-corrected chi connectivity index (χ0v) is 16.9. The van der Waals surface area contributed by atoms with E-state index in [9.17, 15) is 0 Å². The third-order valence-corrected chi connectivity index (χ3v) is 5.89. The highest BCUT2D eigenvalue weighted by atomic mass is 16.5. The molecule has 0 fully saturated rings. The van der Waals surface area contributed by atoms with Crippen molar-refractivity contribution >= 4 is 10.9 Å². The second-order valence-corrected chi connectivity index (χ2v) is 7.70. The Labute approximate surface area is 171 Å². The Morgan fingerprint density at radius 1 is 1.03 bits per heavy atom. The largest absolute Gasteiger partial charge is 0.496 e. The maximum atomic E-state index is 5.61. The summed E-state index contributed by atoms with van der Waals surface area (Å²) in [6, 6.07) is 23.3. The van der Waals surface area contributed by atoms with Gasteiger partial charge in [0.05, 0.1) is 18.8 Å². The summed E-state index contributed by atoms with van der Waals surface area (Å²) in [4.78, 5) is 11.1. The predicted octanol–water partition coefficient (Wildman–Crippen LogP) is 5.03. The minimum Gasteiger partial charge on any atom is -0.496 e. The van der Waals surface area contributed by atoms with Gasteiger partial charge in [0, 0.05) is 40.9 Å². The molecule has 0 radical (unpaired) electrons. The molecule has 3 heterocycles. The number of H-pyrrole nitrogens is 1. The molecule has 0 bridgehead atoms. The van der Waals surface area contributed by atoms with E-state index >= 15 is 0 Å². The Morgan fingerprint density at radius 2 is 1.86 bits per heavy atom. The first kappa shape index (κ1) is 18.0. The minimum absolute atomic E-state index is 0.0935. The molecule has 2 aromatic heterocycles. The van der Waals surface area contributed by atoms with Crippen molar-refractivity contribution in [2.75, 3.05) is 13.7 Å². The molecule has 1 unspecified atom stereocenters. The molecule has 1 aliphatic heterocycles. The first-order valence-corrected chi connectivity index (χ1v) is 10.1. The van der Waals surface area contributed by atoms with Crippen LogP contribution in [0.1, 0.15) is 34.3 Å². The predicted molar refractivity (Wildman–Crippen MR) is 116 cm³/mol. The van der Waals surface area contributed by atoms with Crippen LogP contribution in [0.3, 0.4) is 0 Å². The smallest absolute Gasteiger partial charge is 0.123 e. The number of para-hydroxylation sites is 2. The number of aryl methyl sites for hydroxylation is 1. The van der Waals surface area contributed by atoms with Gasteiger partial charge in [0.25, 0.3) is 0 Å². The highest BCUT2D eigenvalue weighted by Crippen LogP contribution is 2.39. The van der Waals surface area contributed by atoms with E-state index in [0.717, 1.165) is 36.6 Å². The van der Waals surface area contributed by atoms with Gasteiger partial charge in [-0.25, -0.2) is 0 Å². The number of hydrogen-bond donors (Lipinski definition) is 1. The first-order valence-electron chi connectivity index (χ1n) is 10.1. The van der Waals surface area contributed by atoms with Crippen LogP contribution in [0.5, 0.6) is 5.75 Å². The van der Waals surface area contributed by atoms with E-state index in [0.29, 0.717) is 0 Å². The van der Waals surface area contributed by atoms with Gasteiger partial charge in [-0.2, -0.15) is 0 Å².